The van der Waals surface area contributed by atoms with Gasteiger partial charge in [-0.2, -0.15) is 5.10 Å². The number of ether oxygens (including phenoxy) is 1. The Labute approximate surface area is 114 Å². The average molecular weight is 290 g/mol. The second-order valence-corrected chi connectivity index (χ2v) is 6.00. The summed E-state index contributed by atoms with van der Waals surface area (Å²) < 4.78 is 33.5. The van der Waals surface area contributed by atoms with E-state index in [4.69, 9.17) is 10.5 Å². The van der Waals surface area contributed by atoms with Gasteiger partial charge in [-0.15, -0.1) is 0 Å². The van der Waals surface area contributed by atoms with Gasteiger partial charge in [0.1, 0.15) is 4.90 Å². The standard InChI is InChI=1S/C11H22N4O3S/c1-3-4-10(9-18-2)14-19(16,17)11-7-13-15(8-11)6-5-12/h7-8,10,14H,3-6,9,12H2,1-2H3. The summed E-state index contributed by atoms with van der Waals surface area (Å²) in [5.74, 6) is 0. The Hall–Kier alpha value is -0.960. The van der Waals surface area contributed by atoms with Crippen LogP contribution in [-0.2, 0) is 21.3 Å². The third kappa shape index (κ3) is 4.90. The van der Waals surface area contributed by atoms with Gasteiger partial charge in [0.25, 0.3) is 0 Å². The van der Waals surface area contributed by atoms with Crippen LogP contribution < -0.4 is 10.5 Å². The van der Waals surface area contributed by atoms with Crippen molar-refractivity contribution in [3.63, 3.8) is 0 Å². The molecule has 0 aromatic carbocycles. The fourth-order valence-corrected chi connectivity index (χ4v) is 2.96. The first kappa shape index (κ1) is 16.1. The molecule has 7 nitrogen and oxygen atoms in total. The summed E-state index contributed by atoms with van der Waals surface area (Å²) >= 11 is 0. The van der Waals surface area contributed by atoms with Gasteiger partial charge in [-0.3, -0.25) is 4.68 Å². The van der Waals surface area contributed by atoms with E-state index in [2.05, 4.69) is 9.82 Å². The minimum absolute atomic E-state index is 0.151. The zero-order valence-electron chi connectivity index (χ0n) is 11.4. The topological polar surface area (TPSA) is 99.2 Å². The molecule has 1 heterocycles. The molecule has 0 saturated carbocycles. The average Bonchev–Trinajstić information content (AvgIpc) is 2.79. The van der Waals surface area contributed by atoms with Gasteiger partial charge in [-0.1, -0.05) is 13.3 Å². The number of rotatable bonds is 9. The Morgan fingerprint density at radius 3 is 2.89 bits per heavy atom. The van der Waals surface area contributed by atoms with Crippen molar-refractivity contribution in [1.82, 2.24) is 14.5 Å². The molecule has 1 atom stereocenters. The van der Waals surface area contributed by atoms with E-state index >= 15 is 0 Å². The van der Waals surface area contributed by atoms with E-state index in [1.165, 1.54) is 17.1 Å². The maximum atomic E-state index is 12.2. The largest absolute Gasteiger partial charge is 0.383 e. The zero-order chi connectivity index (χ0) is 14.3. The molecule has 0 aliphatic heterocycles. The Kier molecular flexibility index (Phi) is 6.43. The van der Waals surface area contributed by atoms with Crippen LogP contribution in [0.1, 0.15) is 19.8 Å². The van der Waals surface area contributed by atoms with Gasteiger partial charge in [-0.25, -0.2) is 13.1 Å². The highest BCUT2D eigenvalue weighted by Crippen LogP contribution is 2.09. The molecule has 0 spiro atoms. The fraction of sp³-hybridized carbons (Fsp3) is 0.727. The van der Waals surface area contributed by atoms with Gasteiger partial charge in [0.05, 0.1) is 19.3 Å². The first-order valence-corrected chi connectivity index (χ1v) is 7.75. The molecule has 0 radical (unpaired) electrons. The van der Waals surface area contributed by atoms with Crippen molar-refractivity contribution in [1.29, 1.82) is 0 Å². The Morgan fingerprint density at radius 2 is 2.32 bits per heavy atom. The van der Waals surface area contributed by atoms with Gasteiger partial charge in [0.2, 0.25) is 10.0 Å². The fourth-order valence-electron chi connectivity index (χ4n) is 1.75. The van der Waals surface area contributed by atoms with E-state index in [1.807, 2.05) is 6.92 Å². The number of methoxy groups -OCH3 is 1. The molecule has 0 saturated heterocycles. The summed E-state index contributed by atoms with van der Waals surface area (Å²) in [6, 6.07) is -0.224. The molecule has 0 fully saturated rings. The third-order valence-corrected chi connectivity index (χ3v) is 4.08. The lowest BCUT2D eigenvalue weighted by atomic mass is 10.2. The number of sulfonamides is 1. The predicted molar refractivity (Wildman–Crippen MR) is 72.2 cm³/mol. The van der Waals surface area contributed by atoms with Crippen molar-refractivity contribution in [2.75, 3.05) is 20.3 Å². The van der Waals surface area contributed by atoms with Crippen LogP contribution in [-0.4, -0.2) is 44.5 Å². The molecule has 1 aromatic rings. The minimum atomic E-state index is -3.56. The number of aromatic nitrogens is 2. The number of hydrogen-bond donors (Lipinski definition) is 2. The van der Waals surface area contributed by atoms with Crippen molar-refractivity contribution in [2.24, 2.45) is 5.73 Å². The highest BCUT2D eigenvalue weighted by Gasteiger charge is 2.21. The Balaban J connectivity index is 2.77. The SMILES string of the molecule is CCCC(COC)NS(=O)(=O)c1cnn(CCN)c1. The maximum Gasteiger partial charge on any atom is 0.244 e. The van der Waals surface area contributed by atoms with Crippen LogP contribution in [0.15, 0.2) is 17.3 Å². The molecule has 1 rings (SSSR count). The van der Waals surface area contributed by atoms with E-state index in [-0.39, 0.29) is 10.9 Å². The predicted octanol–water partition coefficient (Wildman–Crippen LogP) is -0.0648. The Morgan fingerprint density at radius 1 is 1.58 bits per heavy atom. The number of nitrogens with two attached hydrogens (primary N) is 1. The molecule has 19 heavy (non-hydrogen) atoms. The van der Waals surface area contributed by atoms with Crippen LogP contribution >= 0.6 is 0 Å². The van der Waals surface area contributed by atoms with Crippen LogP contribution in [0.2, 0.25) is 0 Å². The summed E-state index contributed by atoms with van der Waals surface area (Å²) in [6.07, 6.45) is 4.41. The number of hydrogen-bond acceptors (Lipinski definition) is 5. The smallest absolute Gasteiger partial charge is 0.244 e. The van der Waals surface area contributed by atoms with E-state index in [1.54, 1.807) is 7.11 Å². The molecule has 0 amide bonds. The molecule has 1 aromatic heterocycles. The van der Waals surface area contributed by atoms with Gasteiger partial charge >= 0.3 is 0 Å². The summed E-state index contributed by atoms with van der Waals surface area (Å²) in [5, 5.41) is 3.96. The van der Waals surface area contributed by atoms with Gasteiger partial charge in [-0.05, 0) is 6.42 Å². The lowest BCUT2D eigenvalue weighted by molar-refractivity contribution is 0.171. The van der Waals surface area contributed by atoms with E-state index in [9.17, 15) is 8.42 Å². The first-order chi connectivity index (χ1) is 9.03. The molecule has 8 heteroatoms. The quantitative estimate of drug-likeness (QED) is 0.663. The molecule has 3 N–H and O–H groups in total. The molecule has 110 valence electrons. The van der Waals surface area contributed by atoms with Gasteiger partial charge in [0, 0.05) is 25.9 Å². The second-order valence-electron chi connectivity index (χ2n) is 4.29. The monoisotopic (exact) mass is 290 g/mol. The van der Waals surface area contributed by atoms with Crippen LogP contribution in [0.5, 0.6) is 0 Å². The summed E-state index contributed by atoms with van der Waals surface area (Å²) in [4.78, 5) is 0.151. The van der Waals surface area contributed by atoms with Gasteiger partial charge < -0.3 is 10.5 Å². The van der Waals surface area contributed by atoms with Gasteiger partial charge in [0.15, 0.2) is 0 Å². The molecular weight excluding hydrogens is 268 g/mol. The summed E-state index contributed by atoms with van der Waals surface area (Å²) in [6.45, 7) is 3.25. The normalized spacial score (nSPS) is 13.6. The minimum Gasteiger partial charge on any atom is -0.383 e. The maximum absolute atomic E-state index is 12.2. The van der Waals surface area contributed by atoms with Crippen molar-refractivity contribution >= 4 is 10.0 Å². The highest BCUT2D eigenvalue weighted by molar-refractivity contribution is 7.89. The van der Waals surface area contributed by atoms with E-state index in [0.29, 0.717) is 19.7 Å². The molecule has 1 unspecified atom stereocenters. The lowest BCUT2D eigenvalue weighted by Crippen LogP contribution is -2.37. The first-order valence-electron chi connectivity index (χ1n) is 6.27. The lowest BCUT2D eigenvalue weighted by Gasteiger charge is -2.16. The summed E-state index contributed by atoms with van der Waals surface area (Å²) in [7, 11) is -2.00. The molecular formula is C11H22N4O3S. The van der Waals surface area contributed by atoms with Crippen molar-refractivity contribution in [3.05, 3.63) is 12.4 Å². The summed E-state index contributed by atoms with van der Waals surface area (Å²) in [5.41, 5.74) is 5.40. The zero-order valence-corrected chi connectivity index (χ0v) is 12.2. The number of nitrogens with one attached hydrogen (secondary N) is 1. The van der Waals surface area contributed by atoms with Crippen LogP contribution in [0.3, 0.4) is 0 Å². The van der Waals surface area contributed by atoms with E-state index < -0.39 is 10.0 Å². The van der Waals surface area contributed by atoms with Crippen LogP contribution in [0, 0.1) is 0 Å². The van der Waals surface area contributed by atoms with Crippen LogP contribution in [0.25, 0.3) is 0 Å². The molecule has 0 bridgehead atoms. The highest BCUT2D eigenvalue weighted by atomic mass is 32.2. The van der Waals surface area contributed by atoms with Crippen molar-refractivity contribution in [2.45, 2.75) is 37.2 Å². The van der Waals surface area contributed by atoms with Crippen LogP contribution in [0.4, 0.5) is 0 Å². The molecule has 0 aliphatic rings. The Bertz CT molecular complexity index is 466. The third-order valence-electron chi connectivity index (χ3n) is 2.60. The van der Waals surface area contributed by atoms with E-state index in [0.717, 1.165) is 12.8 Å². The van der Waals surface area contributed by atoms with Crippen molar-refractivity contribution in [3.8, 4) is 0 Å². The molecule has 0 aliphatic carbocycles. The van der Waals surface area contributed by atoms with Crippen molar-refractivity contribution < 1.29 is 13.2 Å². The number of nitrogens with zero attached hydrogens (tertiary/aromatic N) is 2. The second kappa shape index (κ2) is 7.59.